The van der Waals surface area contributed by atoms with Crippen LogP contribution in [0.15, 0.2) is 46.7 Å². The van der Waals surface area contributed by atoms with E-state index in [2.05, 4.69) is 5.32 Å². The number of amides is 2. The molecule has 0 saturated heterocycles. The monoisotopic (exact) mass is 460 g/mol. The number of carbonyl (C=O) groups is 2. The quantitative estimate of drug-likeness (QED) is 0.608. The lowest BCUT2D eigenvalue weighted by Gasteiger charge is -2.37. The van der Waals surface area contributed by atoms with Gasteiger partial charge in [0.1, 0.15) is 23.9 Å². The predicted octanol–water partition coefficient (Wildman–Crippen LogP) is 2.00. The third-order valence-electron chi connectivity index (χ3n) is 5.02. The van der Waals surface area contributed by atoms with Crippen molar-refractivity contribution in [2.45, 2.75) is 13.1 Å². The summed E-state index contributed by atoms with van der Waals surface area (Å²) in [7, 11) is 1.64. The molecule has 0 atom stereocenters. The van der Waals surface area contributed by atoms with E-state index in [9.17, 15) is 28.3 Å². The van der Waals surface area contributed by atoms with Gasteiger partial charge in [-0.25, -0.2) is 8.78 Å². The number of benzene rings is 1. The van der Waals surface area contributed by atoms with Gasteiger partial charge in [0.2, 0.25) is 5.43 Å². The molecule has 166 valence electrons. The van der Waals surface area contributed by atoms with Crippen molar-refractivity contribution in [1.82, 2.24) is 14.9 Å². The average molecular weight is 460 g/mol. The second-order valence-corrected chi connectivity index (χ2v) is 8.25. The molecule has 0 fully saturated rings. The Balaban J connectivity index is 1.60. The van der Waals surface area contributed by atoms with Crippen LogP contribution in [0.25, 0.3) is 0 Å². The maximum Gasteiger partial charge on any atom is 0.278 e. The smallest absolute Gasteiger partial charge is 0.278 e. The number of fused-ring (bicyclic) bond motifs is 1. The number of aromatic hydroxyl groups is 1. The molecule has 0 unspecified atom stereocenters. The molecule has 32 heavy (non-hydrogen) atoms. The fourth-order valence-corrected chi connectivity index (χ4v) is 4.12. The van der Waals surface area contributed by atoms with Crippen LogP contribution in [0.1, 0.15) is 31.3 Å². The molecule has 0 aliphatic carbocycles. The molecule has 3 heterocycles. The maximum absolute atomic E-state index is 13.8. The minimum absolute atomic E-state index is 0.0264. The fraction of sp³-hybridized carbons (Fsp3) is 0.190. The summed E-state index contributed by atoms with van der Waals surface area (Å²) in [6.45, 7) is 0.171. The van der Waals surface area contributed by atoms with E-state index in [1.165, 1.54) is 27.0 Å². The Hall–Kier alpha value is -3.73. The van der Waals surface area contributed by atoms with Crippen molar-refractivity contribution in [3.05, 3.63) is 85.5 Å². The Morgan fingerprint density at radius 2 is 2.03 bits per heavy atom. The van der Waals surface area contributed by atoms with Crippen molar-refractivity contribution >= 4 is 23.2 Å². The van der Waals surface area contributed by atoms with Crippen molar-refractivity contribution in [2.24, 2.45) is 0 Å². The second-order valence-electron chi connectivity index (χ2n) is 7.21. The van der Waals surface area contributed by atoms with Crippen LogP contribution in [-0.4, -0.2) is 40.2 Å². The molecule has 2 amide bonds. The fourth-order valence-electron chi connectivity index (χ4n) is 3.40. The lowest BCUT2D eigenvalue weighted by atomic mass is 10.1. The summed E-state index contributed by atoms with van der Waals surface area (Å²) < 4.78 is 28.1. The number of hydrogen-bond acceptors (Lipinski definition) is 6. The Morgan fingerprint density at radius 3 is 2.72 bits per heavy atom. The van der Waals surface area contributed by atoms with Crippen LogP contribution in [0, 0.1) is 11.6 Å². The topological polar surface area (TPSA) is 94.9 Å². The van der Waals surface area contributed by atoms with Gasteiger partial charge in [0.05, 0.1) is 6.54 Å². The molecule has 1 aliphatic heterocycles. The number of aromatic nitrogens is 1. The van der Waals surface area contributed by atoms with Crippen LogP contribution < -0.4 is 15.8 Å². The van der Waals surface area contributed by atoms with Crippen LogP contribution in [0.3, 0.4) is 0 Å². The highest BCUT2D eigenvalue weighted by molar-refractivity contribution is 7.09. The Labute approximate surface area is 184 Å². The van der Waals surface area contributed by atoms with Crippen molar-refractivity contribution in [3.63, 3.8) is 0 Å². The highest BCUT2D eigenvalue weighted by atomic mass is 32.1. The Bertz CT molecular complexity index is 1260. The van der Waals surface area contributed by atoms with E-state index in [0.29, 0.717) is 12.6 Å². The lowest BCUT2D eigenvalue weighted by molar-refractivity contribution is 0.0680. The number of carbonyl (C=O) groups excluding carboxylic acids is 2. The largest absolute Gasteiger partial charge is 0.502 e. The molecular weight excluding hydrogens is 442 g/mol. The Morgan fingerprint density at radius 1 is 1.25 bits per heavy atom. The first kappa shape index (κ1) is 21.5. The number of nitrogens with zero attached hydrogens (tertiary/aromatic N) is 3. The highest BCUT2D eigenvalue weighted by Crippen LogP contribution is 2.23. The first-order valence-corrected chi connectivity index (χ1v) is 10.4. The molecule has 8 nitrogen and oxygen atoms in total. The van der Waals surface area contributed by atoms with Crippen molar-refractivity contribution < 1.29 is 23.5 Å². The summed E-state index contributed by atoms with van der Waals surface area (Å²) in [4.78, 5) is 40.6. The molecule has 0 spiro atoms. The predicted molar refractivity (Wildman–Crippen MR) is 113 cm³/mol. The van der Waals surface area contributed by atoms with Crippen molar-refractivity contribution in [3.8, 4) is 5.75 Å². The Kier molecular flexibility index (Phi) is 5.66. The summed E-state index contributed by atoms with van der Waals surface area (Å²) in [6.07, 6.45) is 1.16. The zero-order chi connectivity index (χ0) is 23.0. The van der Waals surface area contributed by atoms with Gasteiger partial charge in [-0.2, -0.15) is 0 Å². The van der Waals surface area contributed by atoms with Crippen molar-refractivity contribution in [1.29, 1.82) is 0 Å². The summed E-state index contributed by atoms with van der Waals surface area (Å²) in [5, 5.41) is 16.3. The van der Waals surface area contributed by atoms with Crippen LogP contribution in [0.4, 0.5) is 8.78 Å². The van der Waals surface area contributed by atoms with Crippen LogP contribution in [0.5, 0.6) is 5.75 Å². The molecule has 0 radical (unpaired) electrons. The maximum atomic E-state index is 13.8. The third kappa shape index (κ3) is 3.94. The molecule has 0 saturated carbocycles. The van der Waals surface area contributed by atoms with Gasteiger partial charge in [0, 0.05) is 36.3 Å². The number of thiophene rings is 1. The van der Waals surface area contributed by atoms with Gasteiger partial charge in [-0.1, -0.05) is 12.1 Å². The number of hydrogen-bond donors (Lipinski definition) is 2. The van der Waals surface area contributed by atoms with Crippen molar-refractivity contribution in [2.75, 3.05) is 18.7 Å². The van der Waals surface area contributed by atoms with E-state index >= 15 is 0 Å². The average Bonchev–Trinajstić information content (AvgIpc) is 3.26. The van der Waals surface area contributed by atoms with Gasteiger partial charge < -0.3 is 15.3 Å². The summed E-state index contributed by atoms with van der Waals surface area (Å²) in [5.74, 6) is -3.86. The lowest BCUT2D eigenvalue weighted by Crippen LogP contribution is -2.52. The SMILES string of the molecule is CN1CN(Cc2cccs2)C(=O)c2c(O)c(=O)c(C(=O)NCc3ccc(F)cc3F)cn21. The van der Waals surface area contributed by atoms with Crippen LogP contribution in [0.2, 0.25) is 0 Å². The van der Waals surface area contributed by atoms with E-state index in [0.717, 1.165) is 17.1 Å². The van der Waals surface area contributed by atoms with E-state index in [1.54, 1.807) is 12.1 Å². The molecule has 4 rings (SSSR count). The molecule has 2 N–H and O–H groups in total. The van der Waals surface area contributed by atoms with Gasteiger partial charge in [0.15, 0.2) is 11.4 Å². The molecule has 1 aliphatic rings. The number of nitrogens with one attached hydrogen (secondary N) is 1. The third-order valence-corrected chi connectivity index (χ3v) is 5.88. The van der Waals surface area contributed by atoms with E-state index in [-0.39, 0.29) is 24.5 Å². The van der Waals surface area contributed by atoms with Gasteiger partial charge in [0.25, 0.3) is 11.8 Å². The second kappa shape index (κ2) is 8.42. The summed E-state index contributed by atoms with van der Waals surface area (Å²) >= 11 is 1.48. The zero-order valence-electron chi connectivity index (χ0n) is 16.8. The van der Waals surface area contributed by atoms with E-state index in [4.69, 9.17) is 0 Å². The standard InChI is InChI=1S/C21H18F2N4O4S/c1-25-11-26(9-14-3-2-6-32-14)21(31)17-19(29)18(28)15(10-27(17)25)20(30)24-8-12-4-5-13(22)7-16(12)23/h2-7,10,29H,8-9,11H2,1H3,(H,24,30). The van der Waals surface area contributed by atoms with Gasteiger partial charge in [-0.15, -0.1) is 11.3 Å². The van der Waals surface area contributed by atoms with Gasteiger partial charge in [-0.05, 0) is 17.5 Å². The number of rotatable bonds is 5. The minimum Gasteiger partial charge on any atom is -0.502 e. The van der Waals surface area contributed by atoms with Gasteiger partial charge >= 0.3 is 0 Å². The van der Waals surface area contributed by atoms with Gasteiger partial charge in [-0.3, -0.25) is 24.1 Å². The number of pyridine rings is 1. The summed E-state index contributed by atoms with van der Waals surface area (Å²) in [6, 6.07) is 6.64. The summed E-state index contributed by atoms with van der Waals surface area (Å²) in [5.41, 5.74) is -1.66. The molecular formula is C21H18F2N4O4S. The normalized spacial score (nSPS) is 13.3. The van der Waals surface area contributed by atoms with Crippen LogP contribution in [-0.2, 0) is 13.1 Å². The first-order chi connectivity index (χ1) is 15.3. The molecule has 3 aromatic rings. The molecule has 2 aromatic heterocycles. The molecule has 11 heteroatoms. The number of halogens is 2. The minimum atomic E-state index is -1.02. The van der Waals surface area contributed by atoms with Crippen LogP contribution >= 0.6 is 11.3 Å². The highest BCUT2D eigenvalue weighted by Gasteiger charge is 2.33. The first-order valence-electron chi connectivity index (χ1n) is 9.50. The zero-order valence-corrected chi connectivity index (χ0v) is 17.7. The van der Waals surface area contributed by atoms with E-state index < -0.39 is 40.2 Å². The molecule has 0 bridgehead atoms. The molecule has 1 aromatic carbocycles. The van der Waals surface area contributed by atoms with E-state index in [1.807, 2.05) is 17.5 Å².